The Labute approximate surface area is 89.7 Å². The number of benzene rings is 1. The summed E-state index contributed by atoms with van der Waals surface area (Å²) in [7, 11) is 0. The molecule has 0 aromatic heterocycles. The molecule has 0 heterocycles. The van der Waals surface area contributed by atoms with Crippen LogP contribution in [0.1, 0.15) is 29.8 Å². The van der Waals surface area contributed by atoms with Crippen LogP contribution in [0.2, 0.25) is 0 Å². The fraction of sp³-hybridized carbons (Fsp3) is 0.417. The van der Waals surface area contributed by atoms with Crippen LogP contribution in [0, 0.1) is 0 Å². The Balaban J connectivity index is 2.67. The molecule has 0 aliphatic heterocycles. The lowest BCUT2D eigenvalue weighted by atomic mass is 10.1. The fourth-order valence-electron chi connectivity index (χ4n) is 1.21. The maximum absolute atomic E-state index is 11.4. The zero-order valence-corrected chi connectivity index (χ0v) is 9.03. The van der Waals surface area contributed by atoms with Gasteiger partial charge in [0.1, 0.15) is 0 Å². The van der Waals surface area contributed by atoms with Crippen LogP contribution >= 0.6 is 0 Å². The second-order valence-electron chi connectivity index (χ2n) is 3.61. The standard InChI is InChI=1S/C12H15O3/c1-9(2)15-12(14)11-5-3-10(4-6-11)7-8-13/h3-6,9H,7-8H2,1-2H3. The van der Waals surface area contributed by atoms with Gasteiger partial charge in [0.2, 0.25) is 0 Å². The van der Waals surface area contributed by atoms with E-state index in [1.165, 1.54) is 0 Å². The third kappa shape index (κ3) is 3.72. The topological polar surface area (TPSA) is 46.2 Å². The highest BCUT2D eigenvalue weighted by molar-refractivity contribution is 5.89. The van der Waals surface area contributed by atoms with Gasteiger partial charge in [-0.25, -0.2) is 9.90 Å². The zero-order chi connectivity index (χ0) is 11.3. The van der Waals surface area contributed by atoms with Crippen LogP contribution in [-0.4, -0.2) is 18.7 Å². The van der Waals surface area contributed by atoms with Crippen LogP contribution in [0.5, 0.6) is 0 Å². The van der Waals surface area contributed by atoms with E-state index in [-0.39, 0.29) is 18.7 Å². The minimum atomic E-state index is -0.321. The van der Waals surface area contributed by atoms with Crippen LogP contribution in [0.4, 0.5) is 0 Å². The predicted octanol–water partition coefficient (Wildman–Crippen LogP) is 2.22. The van der Waals surface area contributed by atoms with Gasteiger partial charge in [-0.2, -0.15) is 0 Å². The van der Waals surface area contributed by atoms with E-state index < -0.39 is 0 Å². The van der Waals surface area contributed by atoms with Crippen LogP contribution in [0.3, 0.4) is 0 Å². The van der Waals surface area contributed by atoms with Gasteiger partial charge in [-0.05, 0) is 38.0 Å². The van der Waals surface area contributed by atoms with Crippen molar-refractivity contribution in [2.75, 3.05) is 6.61 Å². The van der Waals surface area contributed by atoms with Gasteiger partial charge in [0, 0.05) is 0 Å². The molecular formula is C12H15O3. The molecule has 3 heteroatoms. The quantitative estimate of drug-likeness (QED) is 0.711. The predicted molar refractivity (Wildman–Crippen MR) is 56.3 cm³/mol. The molecule has 1 aromatic carbocycles. The molecule has 1 aromatic rings. The van der Waals surface area contributed by atoms with E-state index in [2.05, 4.69) is 0 Å². The minimum absolute atomic E-state index is 0.112. The summed E-state index contributed by atoms with van der Waals surface area (Å²) in [5, 5.41) is 10.4. The first-order chi connectivity index (χ1) is 7.13. The summed E-state index contributed by atoms with van der Waals surface area (Å²) < 4.78 is 5.04. The Bertz CT molecular complexity index is 314. The molecular weight excluding hydrogens is 192 g/mol. The normalized spacial score (nSPS) is 10.4. The summed E-state index contributed by atoms with van der Waals surface area (Å²) in [6.07, 6.45) is 0.387. The number of rotatable bonds is 4. The first kappa shape index (κ1) is 11.7. The molecule has 0 amide bonds. The van der Waals surface area contributed by atoms with E-state index in [4.69, 9.17) is 4.74 Å². The average molecular weight is 207 g/mol. The van der Waals surface area contributed by atoms with Gasteiger partial charge >= 0.3 is 5.97 Å². The van der Waals surface area contributed by atoms with Crippen molar-refractivity contribution in [3.05, 3.63) is 35.4 Å². The van der Waals surface area contributed by atoms with Crippen LogP contribution in [-0.2, 0) is 16.3 Å². The second-order valence-corrected chi connectivity index (χ2v) is 3.61. The maximum Gasteiger partial charge on any atom is 0.338 e. The number of hydrogen-bond donors (Lipinski definition) is 0. The van der Waals surface area contributed by atoms with Crippen molar-refractivity contribution in [1.29, 1.82) is 0 Å². The highest BCUT2D eigenvalue weighted by Gasteiger charge is 2.08. The van der Waals surface area contributed by atoms with E-state index in [0.717, 1.165) is 5.56 Å². The smallest absolute Gasteiger partial charge is 0.338 e. The lowest BCUT2D eigenvalue weighted by Gasteiger charge is -2.07. The van der Waals surface area contributed by atoms with E-state index in [1.54, 1.807) is 24.3 Å². The zero-order valence-electron chi connectivity index (χ0n) is 9.03. The molecule has 0 saturated heterocycles. The van der Waals surface area contributed by atoms with Gasteiger partial charge in [-0.15, -0.1) is 0 Å². The van der Waals surface area contributed by atoms with Crippen molar-refractivity contribution >= 4 is 5.97 Å². The van der Waals surface area contributed by atoms with Crippen molar-refractivity contribution in [2.24, 2.45) is 0 Å². The van der Waals surface area contributed by atoms with E-state index >= 15 is 0 Å². The molecule has 81 valence electrons. The molecule has 0 saturated carbocycles. The van der Waals surface area contributed by atoms with Crippen molar-refractivity contribution in [3.63, 3.8) is 0 Å². The van der Waals surface area contributed by atoms with Crippen LogP contribution in [0.15, 0.2) is 24.3 Å². The molecule has 0 fully saturated rings. The summed E-state index contributed by atoms with van der Waals surface area (Å²) in [6, 6.07) is 6.95. The first-order valence-electron chi connectivity index (χ1n) is 5.01. The molecule has 0 N–H and O–H groups in total. The van der Waals surface area contributed by atoms with Gasteiger partial charge in [-0.1, -0.05) is 12.1 Å². The maximum atomic E-state index is 11.4. The number of carbonyl (C=O) groups excluding carboxylic acids is 1. The summed E-state index contributed by atoms with van der Waals surface area (Å²) in [5.41, 5.74) is 1.48. The Morgan fingerprint density at radius 3 is 2.33 bits per heavy atom. The molecule has 0 atom stereocenters. The van der Waals surface area contributed by atoms with Gasteiger partial charge in [0.15, 0.2) is 0 Å². The number of hydrogen-bond acceptors (Lipinski definition) is 2. The molecule has 15 heavy (non-hydrogen) atoms. The third-order valence-corrected chi connectivity index (χ3v) is 1.92. The largest absolute Gasteiger partial charge is 0.459 e. The average Bonchev–Trinajstić information content (AvgIpc) is 2.18. The van der Waals surface area contributed by atoms with Crippen LogP contribution < -0.4 is 0 Å². The summed E-state index contributed by atoms with van der Waals surface area (Å²) in [5.74, 6) is -0.321. The van der Waals surface area contributed by atoms with E-state index in [0.29, 0.717) is 12.0 Å². The second kappa shape index (κ2) is 5.51. The molecule has 0 aliphatic rings. The summed E-state index contributed by atoms with van der Waals surface area (Å²) >= 11 is 0. The Kier molecular flexibility index (Phi) is 4.31. The van der Waals surface area contributed by atoms with Crippen LogP contribution in [0.25, 0.3) is 0 Å². The molecule has 0 aliphatic carbocycles. The lowest BCUT2D eigenvalue weighted by molar-refractivity contribution is 0.0378. The van der Waals surface area contributed by atoms with Crippen molar-refractivity contribution < 1.29 is 14.6 Å². The molecule has 0 spiro atoms. The highest BCUT2D eigenvalue weighted by atomic mass is 16.5. The van der Waals surface area contributed by atoms with Gasteiger partial charge < -0.3 is 4.74 Å². The van der Waals surface area contributed by atoms with Crippen molar-refractivity contribution in [2.45, 2.75) is 26.4 Å². The summed E-state index contributed by atoms with van der Waals surface area (Å²) in [6.45, 7) is 3.49. The highest BCUT2D eigenvalue weighted by Crippen LogP contribution is 2.07. The molecule has 1 rings (SSSR count). The molecule has 1 radical (unpaired) electrons. The minimum Gasteiger partial charge on any atom is -0.459 e. The van der Waals surface area contributed by atoms with Gasteiger partial charge in [0.05, 0.1) is 18.3 Å². The molecule has 3 nitrogen and oxygen atoms in total. The molecule has 0 bridgehead atoms. The van der Waals surface area contributed by atoms with Crippen molar-refractivity contribution in [1.82, 2.24) is 0 Å². The SMILES string of the molecule is CC(C)OC(=O)c1ccc(CC[O])cc1. The fourth-order valence-corrected chi connectivity index (χ4v) is 1.21. The third-order valence-electron chi connectivity index (χ3n) is 1.92. The Hall–Kier alpha value is -1.35. The van der Waals surface area contributed by atoms with Gasteiger partial charge in [-0.3, -0.25) is 0 Å². The first-order valence-corrected chi connectivity index (χ1v) is 5.01. The van der Waals surface area contributed by atoms with E-state index in [1.807, 2.05) is 13.8 Å². The Morgan fingerprint density at radius 2 is 1.87 bits per heavy atom. The number of esters is 1. The van der Waals surface area contributed by atoms with Crippen molar-refractivity contribution in [3.8, 4) is 0 Å². The molecule has 0 unspecified atom stereocenters. The number of ether oxygens (including phenoxy) is 1. The monoisotopic (exact) mass is 207 g/mol. The lowest BCUT2D eigenvalue weighted by Crippen LogP contribution is -2.11. The van der Waals surface area contributed by atoms with E-state index in [9.17, 15) is 9.90 Å². The Morgan fingerprint density at radius 1 is 1.27 bits per heavy atom. The number of carbonyl (C=O) groups is 1. The summed E-state index contributed by atoms with van der Waals surface area (Å²) in [4.78, 5) is 11.4. The van der Waals surface area contributed by atoms with Gasteiger partial charge in [0.25, 0.3) is 0 Å².